The zero-order valence-corrected chi connectivity index (χ0v) is 13.8. The summed E-state index contributed by atoms with van der Waals surface area (Å²) in [4.78, 5) is 13.0. The van der Waals surface area contributed by atoms with E-state index in [1.807, 2.05) is 0 Å². The molecule has 0 heterocycles. The van der Waals surface area contributed by atoms with Crippen LogP contribution in [0.1, 0.15) is 50.2 Å². The highest BCUT2D eigenvalue weighted by Crippen LogP contribution is 2.56. The molecule has 2 heteroatoms. The van der Waals surface area contributed by atoms with Crippen molar-refractivity contribution in [3.8, 4) is 0 Å². The molecule has 2 nitrogen and oxygen atoms in total. The number of carbonyl (C=O) groups excluding carboxylic acids is 1. The first-order valence-corrected chi connectivity index (χ1v) is 9.05. The lowest BCUT2D eigenvalue weighted by molar-refractivity contribution is -0.132. The van der Waals surface area contributed by atoms with Gasteiger partial charge in [0.05, 0.1) is 0 Å². The third-order valence-corrected chi connectivity index (χ3v) is 6.52. The maximum atomic E-state index is 13.0. The molecular formula is C20H27NO. The Bertz CT molecular complexity index is 563. The Kier molecular flexibility index (Phi) is 3.51. The maximum absolute atomic E-state index is 13.0. The van der Waals surface area contributed by atoms with Crippen molar-refractivity contribution in [1.29, 1.82) is 0 Å². The van der Waals surface area contributed by atoms with Crippen LogP contribution in [0.5, 0.6) is 0 Å². The molecular weight excluding hydrogens is 270 g/mol. The minimum atomic E-state index is 0.275. The number of hydrogen-bond donors (Lipinski definition) is 1. The van der Waals surface area contributed by atoms with Crippen LogP contribution in [0.4, 0.5) is 5.69 Å². The van der Waals surface area contributed by atoms with Gasteiger partial charge in [0.25, 0.3) is 0 Å². The lowest BCUT2D eigenvalue weighted by atomic mass is 9.51. The van der Waals surface area contributed by atoms with E-state index >= 15 is 0 Å². The number of anilines is 1. The van der Waals surface area contributed by atoms with Crippen LogP contribution in [0.3, 0.4) is 0 Å². The van der Waals surface area contributed by atoms with Crippen LogP contribution in [0, 0.1) is 36.5 Å². The van der Waals surface area contributed by atoms with Gasteiger partial charge >= 0.3 is 0 Å². The number of aryl methyl sites for hydroxylation is 2. The number of amides is 1. The van der Waals surface area contributed by atoms with Crippen molar-refractivity contribution in [2.75, 3.05) is 5.32 Å². The van der Waals surface area contributed by atoms with Gasteiger partial charge in [0.1, 0.15) is 0 Å². The van der Waals surface area contributed by atoms with Gasteiger partial charge in [-0.1, -0.05) is 25.1 Å². The van der Waals surface area contributed by atoms with Gasteiger partial charge in [0, 0.05) is 11.6 Å². The molecule has 1 aromatic carbocycles. The topological polar surface area (TPSA) is 29.1 Å². The molecule has 0 aromatic heterocycles. The molecule has 4 bridgehead atoms. The summed E-state index contributed by atoms with van der Waals surface area (Å²) in [6.45, 7) is 4.26. The SMILES string of the molecule is CCc1cccc(C)c1NC(=O)C1C2CC3CC(C2)CC1C3. The van der Waals surface area contributed by atoms with Crippen molar-refractivity contribution in [1.82, 2.24) is 0 Å². The van der Waals surface area contributed by atoms with Crippen molar-refractivity contribution in [3.05, 3.63) is 29.3 Å². The average Bonchev–Trinajstić information content (AvgIpc) is 2.48. The number of nitrogens with one attached hydrogen (secondary N) is 1. The zero-order chi connectivity index (χ0) is 15.3. The highest BCUT2D eigenvalue weighted by Gasteiger charge is 2.50. The van der Waals surface area contributed by atoms with Gasteiger partial charge in [0.2, 0.25) is 5.91 Å². The van der Waals surface area contributed by atoms with E-state index in [1.54, 1.807) is 0 Å². The Morgan fingerprint density at radius 2 is 1.73 bits per heavy atom. The molecule has 0 spiro atoms. The molecule has 1 aromatic rings. The monoisotopic (exact) mass is 297 g/mol. The van der Waals surface area contributed by atoms with Crippen LogP contribution in [0.15, 0.2) is 18.2 Å². The normalized spacial score (nSPS) is 35.6. The summed E-state index contributed by atoms with van der Waals surface area (Å²) in [5, 5.41) is 3.32. The van der Waals surface area contributed by atoms with Gasteiger partial charge in [-0.25, -0.2) is 0 Å². The molecule has 0 aliphatic heterocycles. The summed E-state index contributed by atoms with van der Waals surface area (Å²) >= 11 is 0. The molecule has 0 radical (unpaired) electrons. The van der Waals surface area contributed by atoms with Gasteiger partial charge in [-0.3, -0.25) is 4.79 Å². The summed E-state index contributed by atoms with van der Waals surface area (Å²) in [7, 11) is 0. The fourth-order valence-electron chi connectivity index (χ4n) is 5.76. The van der Waals surface area contributed by atoms with Crippen LogP contribution in [-0.4, -0.2) is 5.91 Å². The van der Waals surface area contributed by atoms with E-state index in [0.717, 1.165) is 23.9 Å². The first-order valence-electron chi connectivity index (χ1n) is 9.05. The molecule has 0 saturated heterocycles. The molecule has 4 saturated carbocycles. The number of carbonyl (C=O) groups is 1. The Morgan fingerprint density at radius 3 is 2.32 bits per heavy atom. The first kappa shape index (κ1) is 14.3. The summed E-state index contributed by atoms with van der Waals surface area (Å²) in [5.41, 5.74) is 3.53. The lowest BCUT2D eigenvalue weighted by Gasteiger charge is -2.53. The van der Waals surface area contributed by atoms with Crippen LogP contribution in [0.25, 0.3) is 0 Å². The fraction of sp³-hybridized carbons (Fsp3) is 0.650. The largest absolute Gasteiger partial charge is 0.325 e. The average molecular weight is 297 g/mol. The maximum Gasteiger partial charge on any atom is 0.228 e. The second kappa shape index (κ2) is 5.40. The van der Waals surface area contributed by atoms with E-state index in [2.05, 4.69) is 37.4 Å². The number of hydrogen-bond acceptors (Lipinski definition) is 1. The highest BCUT2D eigenvalue weighted by molar-refractivity contribution is 5.94. The molecule has 4 aliphatic carbocycles. The van der Waals surface area contributed by atoms with E-state index in [-0.39, 0.29) is 5.92 Å². The molecule has 4 fully saturated rings. The van der Waals surface area contributed by atoms with Crippen molar-refractivity contribution < 1.29 is 4.79 Å². The predicted molar refractivity (Wildman–Crippen MR) is 89.7 cm³/mol. The third kappa shape index (κ3) is 2.28. The summed E-state index contributed by atoms with van der Waals surface area (Å²) in [6, 6.07) is 6.33. The van der Waals surface area contributed by atoms with Crippen LogP contribution in [-0.2, 0) is 11.2 Å². The Morgan fingerprint density at radius 1 is 1.09 bits per heavy atom. The first-order chi connectivity index (χ1) is 10.7. The third-order valence-electron chi connectivity index (χ3n) is 6.52. The molecule has 22 heavy (non-hydrogen) atoms. The van der Waals surface area contributed by atoms with Crippen LogP contribution < -0.4 is 5.32 Å². The molecule has 0 atom stereocenters. The number of para-hydroxylation sites is 1. The van der Waals surface area contributed by atoms with Crippen molar-refractivity contribution in [2.45, 2.75) is 52.4 Å². The standard InChI is InChI=1S/C20H27NO/c1-3-15-6-4-5-12(2)19(15)21-20(22)18-16-8-13-7-14(10-16)11-17(18)9-13/h4-6,13-14,16-18H,3,7-11H2,1-2H3,(H,21,22). The lowest BCUT2D eigenvalue weighted by Crippen LogP contribution is -2.49. The Balaban J connectivity index is 1.56. The van der Waals surface area contributed by atoms with Gasteiger partial charge in [-0.15, -0.1) is 0 Å². The predicted octanol–water partition coefficient (Wildman–Crippen LogP) is 4.57. The molecule has 4 aliphatic rings. The molecule has 0 unspecified atom stereocenters. The van der Waals surface area contributed by atoms with Gasteiger partial charge in [-0.05, 0) is 80.2 Å². The zero-order valence-electron chi connectivity index (χ0n) is 13.8. The quantitative estimate of drug-likeness (QED) is 0.870. The van der Waals surface area contributed by atoms with Crippen LogP contribution in [0.2, 0.25) is 0 Å². The Labute approximate surface area is 133 Å². The smallest absolute Gasteiger partial charge is 0.228 e. The number of rotatable bonds is 3. The number of benzene rings is 1. The summed E-state index contributed by atoms with van der Waals surface area (Å²) in [6.07, 6.45) is 7.63. The van der Waals surface area contributed by atoms with Crippen LogP contribution >= 0.6 is 0 Å². The minimum Gasteiger partial charge on any atom is -0.325 e. The van der Waals surface area contributed by atoms with E-state index in [4.69, 9.17) is 0 Å². The molecule has 5 rings (SSSR count). The Hall–Kier alpha value is -1.31. The van der Waals surface area contributed by atoms with E-state index in [0.29, 0.717) is 17.7 Å². The highest BCUT2D eigenvalue weighted by atomic mass is 16.1. The molecule has 1 N–H and O–H groups in total. The van der Waals surface area contributed by atoms with Gasteiger partial charge in [-0.2, -0.15) is 0 Å². The van der Waals surface area contributed by atoms with Crippen molar-refractivity contribution in [2.24, 2.45) is 29.6 Å². The van der Waals surface area contributed by atoms with Crippen molar-refractivity contribution >= 4 is 11.6 Å². The summed E-state index contributed by atoms with van der Waals surface area (Å²) < 4.78 is 0. The van der Waals surface area contributed by atoms with E-state index in [1.165, 1.54) is 43.2 Å². The second-order valence-corrected chi connectivity index (χ2v) is 7.91. The fourth-order valence-corrected chi connectivity index (χ4v) is 5.76. The second-order valence-electron chi connectivity index (χ2n) is 7.91. The van der Waals surface area contributed by atoms with Gasteiger partial charge in [0.15, 0.2) is 0 Å². The van der Waals surface area contributed by atoms with E-state index < -0.39 is 0 Å². The summed E-state index contributed by atoms with van der Waals surface area (Å²) in [5.74, 6) is 3.75. The van der Waals surface area contributed by atoms with E-state index in [9.17, 15) is 4.79 Å². The molecule has 1 amide bonds. The van der Waals surface area contributed by atoms with Gasteiger partial charge < -0.3 is 5.32 Å². The van der Waals surface area contributed by atoms with Crippen molar-refractivity contribution in [3.63, 3.8) is 0 Å². The minimum absolute atomic E-state index is 0.275. The molecule has 118 valence electrons.